The van der Waals surface area contributed by atoms with Crippen LogP contribution in [0.15, 0.2) is 11.6 Å². The van der Waals surface area contributed by atoms with Crippen molar-refractivity contribution < 1.29 is 84.6 Å². The monoisotopic (exact) mass is 931 g/mol. The highest BCUT2D eigenvalue weighted by Crippen LogP contribution is 2.75. The number of ether oxygens (including phenoxy) is 6. The van der Waals surface area contributed by atoms with Crippen LogP contribution in [0.4, 0.5) is 0 Å². The molecule has 7 rings (SSSR count). The van der Waals surface area contributed by atoms with E-state index in [9.17, 15) is 56.2 Å². The van der Waals surface area contributed by atoms with Crippen molar-refractivity contribution in [2.75, 3.05) is 19.8 Å². The van der Waals surface area contributed by atoms with Gasteiger partial charge in [0, 0.05) is 23.7 Å². The molecule has 376 valence electrons. The van der Waals surface area contributed by atoms with Crippen LogP contribution in [-0.4, -0.2) is 180 Å². The van der Waals surface area contributed by atoms with Gasteiger partial charge in [0.2, 0.25) is 0 Å². The van der Waals surface area contributed by atoms with E-state index in [1.807, 2.05) is 0 Å². The maximum atomic E-state index is 12.4. The van der Waals surface area contributed by atoms with Crippen LogP contribution in [0.3, 0.4) is 0 Å². The van der Waals surface area contributed by atoms with Crippen molar-refractivity contribution >= 4 is 0 Å². The van der Waals surface area contributed by atoms with Gasteiger partial charge in [0.15, 0.2) is 18.9 Å². The zero-order chi connectivity index (χ0) is 47.8. The lowest BCUT2D eigenvalue weighted by atomic mass is 9.38. The van der Waals surface area contributed by atoms with Crippen molar-refractivity contribution in [3.8, 4) is 0 Å². The quantitative estimate of drug-likeness (QED) is 0.108. The molecule has 0 bridgehead atoms. The van der Waals surface area contributed by atoms with Gasteiger partial charge in [-0.2, -0.15) is 0 Å². The average molecular weight is 931 g/mol. The fourth-order valence-electron chi connectivity index (χ4n) is 14.0. The first-order valence-corrected chi connectivity index (χ1v) is 24.3. The Labute approximate surface area is 384 Å². The van der Waals surface area contributed by atoms with Crippen LogP contribution >= 0.6 is 0 Å². The molecule has 7 aliphatic rings. The van der Waals surface area contributed by atoms with E-state index in [-0.39, 0.29) is 64.8 Å². The van der Waals surface area contributed by atoms with Gasteiger partial charge in [0.25, 0.3) is 0 Å². The molecule has 11 N–H and O–H groups in total. The summed E-state index contributed by atoms with van der Waals surface area (Å²) in [7, 11) is 0. The molecule has 0 radical (unpaired) electrons. The summed E-state index contributed by atoms with van der Waals surface area (Å²) in [6, 6.07) is 0. The minimum absolute atomic E-state index is 0.0450. The number of aliphatic hydroxyl groups excluding tert-OH is 10. The summed E-state index contributed by atoms with van der Waals surface area (Å²) >= 11 is 0. The molecule has 3 unspecified atom stereocenters. The van der Waals surface area contributed by atoms with Crippen LogP contribution in [0.5, 0.6) is 0 Å². The van der Waals surface area contributed by atoms with Crippen molar-refractivity contribution in [1.82, 2.24) is 0 Å². The largest absolute Gasteiger partial charge is 0.394 e. The van der Waals surface area contributed by atoms with E-state index in [1.165, 1.54) is 5.57 Å². The summed E-state index contributed by atoms with van der Waals surface area (Å²) in [5.41, 5.74) is -0.992. The maximum absolute atomic E-state index is 12.4. The Morgan fingerprint density at radius 3 is 2.06 bits per heavy atom. The smallest absolute Gasteiger partial charge is 0.187 e. The van der Waals surface area contributed by atoms with Gasteiger partial charge in [-0.25, -0.2) is 0 Å². The minimum atomic E-state index is -1.74. The van der Waals surface area contributed by atoms with E-state index < -0.39 is 117 Å². The van der Waals surface area contributed by atoms with Gasteiger partial charge >= 0.3 is 0 Å². The first-order valence-electron chi connectivity index (χ1n) is 24.3. The van der Waals surface area contributed by atoms with Gasteiger partial charge in [0.1, 0.15) is 48.8 Å². The lowest BCUT2D eigenvalue weighted by molar-refractivity contribution is -0.362. The van der Waals surface area contributed by atoms with Crippen molar-refractivity contribution in [3.63, 3.8) is 0 Å². The number of hydrogen-bond donors (Lipinski definition) is 11. The Balaban J connectivity index is 1.08. The molecule has 0 spiro atoms. The number of allylic oxidation sites excluding steroid dienone is 1. The van der Waals surface area contributed by atoms with Gasteiger partial charge < -0.3 is 84.6 Å². The number of fused-ring (bicyclic) bond motifs is 5. The summed E-state index contributed by atoms with van der Waals surface area (Å²) in [6.45, 7) is 15.4. The highest BCUT2D eigenvalue weighted by atomic mass is 16.8. The average Bonchev–Trinajstić information content (AvgIpc) is 3.51. The number of aliphatic hydroxyl groups is 11. The van der Waals surface area contributed by atoms with Gasteiger partial charge in [-0.15, -0.1) is 0 Å². The summed E-state index contributed by atoms with van der Waals surface area (Å²) in [6.07, 6.45) is -10.9. The second-order valence-corrected chi connectivity index (χ2v) is 22.8. The topological polar surface area (TPSA) is 278 Å². The van der Waals surface area contributed by atoms with E-state index in [1.54, 1.807) is 13.8 Å². The second-order valence-electron chi connectivity index (χ2n) is 22.8. The molecule has 65 heavy (non-hydrogen) atoms. The Morgan fingerprint density at radius 2 is 1.40 bits per heavy atom. The zero-order valence-electron chi connectivity index (χ0n) is 39.7. The van der Waals surface area contributed by atoms with Crippen molar-refractivity contribution in [2.24, 2.45) is 45.3 Å². The van der Waals surface area contributed by atoms with Crippen LogP contribution in [0.25, 0.3) is 0 Å². The summed E-state index contributed by atoms with van der Waals surface area (Å²) in [4.78, 5) is 0. The standard InChI is InChI=1S/C48H82O17/c1-23(24-15-16-46(6)33-12-10-25-26(11-13-34(53)44(25,2)3)48(33,8)35(54)19-47(24,46)7)9-14-36(45(4,5)59)65-42-29(62-43-41(58)40(57)39(56)31(21-50)63-43)17-27(51)32(64-42)22-60-37-18-28(52)38(55)30(20-49)61-37/h10,23-24,26-43,49-59H,9,11-22H2,1-8H3/t23-,24?,26?,27+,28-,29-,30-,31+,32-,33?,34+,35-,36-,37+,38+,39+,40-,41+,42+,43+,46+,47-,48+/m1/s1. The van der Waals surface area contributed by atoms with Gasteiger partial charge in [-0.05, 0) is 99.7 Å². The number of hydrogen-bond acceptors (Lipinski definition) is 17. The van der Waals surface area contributed by atoms with Crippen LogP contribution in [-0.2, 0) is 28.4 Å². The summed E-state index contributed by atoms with van der Waals surface area (Å²) in [5.74, 6) is 0.901. The highest BCUT2D eigenvalue weighted by molar-refractivity contribution is 5.31. The lowest BCUT2D eigenvalue weighted by Crippen LogP contribution is -2.64. The molecule has 17 heteroatoms. The predicted molar refractivity (Wildman–Crippen MR) is 232 cm³/mol. The molecule has 0 amide bonds. The summed E-state index contributed by atoms with van der Waals surface area (Å²) in [5, 5.41) is 118. The first-order chi connectivity index (χ1) is 30.3. The fraction of sp³-hybridized carbons (Fsp3) is 0.958. The summed E-state index contributed by atoms with van der Waals surface area (Å²) < 4.78 is 36.3. The molecule has 0 aromatic carbocycles. The Morgan fingerprint density at radius 1 is 0.738 bits per heavy atom. The van der Waals surface area contributed by atoms with Gasteiger partial charge in [-0.1, -0.05) is 53.2 Å². The molecule has 6 fully saturated rings. The van der Waals surface area contributed by atoms with E-state index in [4.69, 9.17) is 28.4 Å². The Bertz CT molecular complexity index is 1640. The third kappa shape index (κ3) is 9.29. The molecular formula is C48H82O17. The van der Waals surface area contributed by atoms with Gasteiger partial charge in [-0.3, -0.25) is 0 Å². The van der Waals surface area contributed by atoms with Crippen LogP contribution in [0, 0.1) is 45.3 Å². The minimum Gasteiger partial charge on any atom is -0.394 e. The molecule has 3 saturated heterocycles. The fourth-order valence-corrected chi connectivity index (χ4v) is 14.0. The lowest BCUT2D eigenvalue weighted by Gasteiger charge is -2.67. The van der Waals surface area contributed by atoms with Crippen molar-refractivity contribution in [1.29, 1.82) is 0 Å². The Kier molecular flexibility index (Phi) is 15.4. The molecule has 4 aliphatic carbocycles. The SMILES string of the molecule is C[C@H](CC[C@@H](O[C@@H]1O[C@H](CO[C@@H]2C[C@@H](O)[C@H](O)[C@@H](CO)O2)[C@@H](O)C[C@H]1O[C@H]1O[C@@H](CO)[C@H](O)[C@@H](O)[C@@H]1O)C(C)(C)O)C1CC[C@@]2(C)C3CC=C4C(CC[C@H](O)C4(C)C)[C@]3(C)[C@H](O)C[C@]12C. The van der Waals surface area contributed by atoms with E-state index in [0.717, 1.165) is 32.1 Å². The zero-order valence-corrected chi connectivity index (χ0v) is 39.7. The van der Waals surface area contributed by atoms with Crippen molar-refractivity contribution in [3.05, 3.63) is 11.6 Å². The molecule has 3 heterocycles. The normalized spacial score (nSPS) is 49.9. The molecule has 0 aromatic rings. The number of rotatable bonds is 14. The highest BCUT2D eigenvalue weighted by Gasteiger charge is 2.70. The van der Waals surface area contributed by atoms with Crippen LogP contribution in [0.1, 0.15) is 120 Å². The first kappa shape index (κ1) is 51.9. The van der Waals surface area contributed by atoms with Crippen LogP contribution in [0.2, 0.25) is 0 Å². The molecule has 3 saturated carbocycles. The second kappa shape index (κ2) is 19.3. The molecular weight excluding hydrogens is 849 g/mol. The molecule has 23 atom stereocenters. The molecule has 0 aromatic heterocycles. The van der Waals surface area contributed by atoms with E-state index in [2.05, 4.69) is 47.6 Å². The predicted octanol–water partition coefficient (Wildman–Crippen LogP) is 1.00. The third-order valence-corrected chi connectivity index (χ3v) is 18.5. The Hall–Kier alpha value is -0.940. The molecule has 17 nitrogen and oxygen atoms in total. The van der Waals surface area contributed by atoms with Crippen molar-refractivity contribution in [2.45, 2.75) is 223 Å². The van der Waals surface area contributed by atoms with E-state index in [0.29, 0.717) is 19.3 Å². The maximum Gasteiger partial charge on any atom is 0.187 e. The van der Waals surface area contributed by atoms with Crippen LogP contribution < -0.4 is 0 Å². The molecule has 3 aliphatic heterocycles. The van der Waals surface area contributed by atoms with E-state index >= 15 is 0 Å². The third-order valence-electron chi connectivity index (χ3n) is 18.5. The van der Waals surface area contributed by atoms with Gasteiger partial charge in [0.05, 0.1) is 55.9 Å².